The molecule has 1 saturated heterocycles. The predicted octanol–water partition coefficient (Wildman–Crippen LogP) is 2.99. The third-order valence-corrected chi connectivity index (χ3v) is 6.69. The maximum atomic E-state index is 13.3. The lowest BCUT2D eigenvalue weighted by Crippen LogP contribution is -2.39. The minimum Gasteiger partial charge on any atom is -0.486 e. The Kier molecular flexibility index (Phi) is 6.08. The van der Waals surface area contributed by atoms with Gasteiger partial charge in [-0.2, -0.15) is 0 Å². The van der Waals surface area contributed by atoms with E-state index in [1.807, 2.05) is 30.3 Å². The maximum Gasteiger partial charge on any atom is 0.241 e. The molecule has 1 amide bonds. The molecule has 0 aliphatic carbocycles. The summed E-state index contributed by atoms with van der Waals surface area (Å²) in [6.07, 6.45) is 2.10. The maximum absolute atomic E-state index is 13.3. The number of carbonyl (C=O) groups excluding carboxylic acids is 1. The van der Waals surface area contributed by atoms with Crippen LogP contribution in [0.4, 0.5) is 4.39 Å². The summed E-state index contributed by atoms with van der Waals surface area (Å²) in [4.78, 5) is 18.2. The van der Waals surface area contributed by atoms with Gasteiger partial charge in [0.2, 0.25) is 15.9 Å². The van der Waals surface area contributed by atoms with Crippen molar-refractivity contribution < 1.29 is 22.3 Å². The molecule has 1 aliphatic heterocycles. The number of aromatic nitrogens is 1. The minimum atomic E-state index is -4.00. The monoisotopic (exact) mass is 463 g/mol. The van der Waals surface area contributed by atoms with Crippen molar-refractivity contribution in [1.82, 2.24) is 14.6 Å². The zero-order valence-electron chi connectivity index (χ0n) is 16.3. The first-order chi connectivity index (χ1) is 14.8. The second-order valence-corrected chi connectivity index (χ2v) is 9.27. The molecule has 1 unspecified atom stereocenters. The smallest absolute Gasteiger partial charge is 0.241 e. The summed E-state index contributed by atoms with van der Waals surface area (Å²) in [6.45, 7) is 0.373. The van der Waals surface area contributed by atoms with Crippen LogP contribution in [0, 0.1) is 5.82 Å². The lowest BCUT2D eigenvalue weighted by molar-refractivity contribution is -0.129. The molecule has 1 aliphatic rings. The molecule has 0 saturated carbocycles. The van der Waals surface area contributed by atoms with Crippen molar-refractivity contribution in [3.63, 3.8) is 0 Å². The molecule has 162 valence electrons. The number of hydrogen-bond acceptors (Lipinski definition) is 5. The molecule has 3 aromatic rings. The summed E-state index contributed by atoms with van der Waals surface area (Å²) in [5.74, 6) is -0.452. The number of carbonyl (C=O) groups is 1. The van der Waals surface area contributed by atoms with Crippen molar-refractivity contribution in [2.45, 2.75) is 17.4 Å². The van der Waals surface area contributed by atoms with Gasteiger partial charge in [-0.05, 0) is 30.3 Å². The highest BCUT2D eigenvalue weighted by atomic mass is 35.5. The van der Waals surface area contributed by atoms with E-state index >= 15 is 0 Å². The van der Waals surface area contributed by atoms with Crippen molar-refractivity contribution >= 4 is 38.4 Å². The summed E-state index contributed by atoms with van der Waals surface area (Å²) < 4.78 is 46.3. The van der Waals surface area contributed by atoms with Crippen molar-refractivity contribution in [2.24, 2.45) is 0 Å². The van der Waals surface area contributed by atoms with Gasteiger partial charge in [0.25, 0.3) is 0 Å². The average Bonchev–Trinajstić information content (AvgIpc) is 3.23. The first-order valence-corrected chi connectivity index (χ1v) is 11.4. The number of amides is 1. The van der Waals surface area contributed by atoms with Crippen LogP contribution in [0.1, 0.15) is 6.42 Å². The highest BCUT2D eigenvalue weighted by Crippen LogP contribution is 2.26. The summed E-state index contributed by atoms with van der Waals surface area (Å²) in [5.41, 5.74) is 0.750. The number of pyridine rings is 1. The molecule has 1 aromatic heterocycles. The van der Waals surface area contributed by atoms with E-state index in [-0.39, 0.29) is 21.9 Å². The summed E-state index contributed by atoms with van der Waals surface area (Å²) in [7, 11) is -4.00. The second kappa shape index (κ2) is 8.78. The van der Waals surface area contributed by atoms with Gasteiger partial charge in [-0.3, -0.25) is 9.78 Å². The molecule has 1 atom stereocenters. The number of rotatable bonds is 6. The Morgan fingerprint density at radius 3 is 2.87 bits per heavy atom. The van der Waals surface area contributed by atoms with Gasteiger partial charge in [0.15, 0.2) is 0 Å². The highest BCUT2D eigenvalue weighted by molar-refractivity contribution is 7.89. The van der Waals surface area contributed by atoms with E-state index in [2.05, 4.69) is 9.71 Å². The van der Waals surface area contributed by atoms with E-state index in [0.717, 1.165) is 29.1 Å². The molecular weight excluding hydrogens is 445 g/mol. The Labute approximate surface area is 183 Å². The summed E-state index contributed by atoms with van der Waals surface area (Å²) in [5, 5.41) is 0.651. The minimum absolute atomic E-state index is 0.210. The van der Waals surface area contributed by atoms with Gasteiger partial charge >= 0.3 is 0 Å². The lowest BCUT2D eigenvalue weighted by Gasteiger charge is -2.18. The fraction of sp³-hybridized carbons (Fsp3) is 0.238. The Bertz CT molecular complexity index is 1230. The van der Waals surface area contributed by atoms with Crippen LogP contribution in [-0.4, -0.2) is 49.9 Å². The number of para-hydroxylation sites is 1. The van der Waals surface area contributed by atoms with E-state index in [4.69, 9.17) is 16.3 Å². The SMILES string of the molecule is O=C(CNS(=O)(=O)c1ccc(F)c(Cl)c1)N1CCC(Oc2cccc3cccnc23)C1. The number of fused-ring (bicyclic) bond motifs is 1. The first kappa shape index (κ1) is 21.5. The van der Waals surface area contributed by atoms with Crippen molar-refractivity contribution in [2.75, 3.05) is 19.6 Å². The van der Waals surface area contributed by atoms with E-state index in [0.29, 0.717) is 25.3 Å². The van der Waals surface area contributed by atoms with Gasteiger partial charge in [-0.25, -0.2) is 17.5 Å². The molecule has 7 nitrogen and oxygen atoms in total. The molecule has 0 spiro atoms. The molecule has 0 bridgehead atoms. The normalized spacial score (nSPS) is 16.6. The van der Waals surface area contributed by atoms with E-state index < -0.39 is 22.4 Å². The van der Waals surface area contributed by atoms with Crippen LogP contribution < -0.4 is 9.46 Å². The fourth-order valence-electron chi connectivity index (χ4n) is 3.40. The van der Waals surface area contributed by atoms with Gasteiger partial charge in [0.1, 0.15) is 23.2 Å². The van der Waals surface area contributed by atoms with Crippen molar-refractivity contribution in [3.8, 4) is 5.75 Å². The number of benzene rings is 2. The van der Waals surface area contributed by atoms with Crippen LogP contribution in [0.2, 0.25) is 5.02 Å². The van der Waals surface area contributed by atoms with Gasteiger partial charge in [0.05, 0.1) is 23.0 Å². The van der Waals surface area contributed by atoms with Gasteiger partial charge in [-0.1, -0.05) is 29.8 Å². The molecule has 4 rings (SSSR count). The van der Waals surface area contributed by atoms with Crippen LogP contribution in [0.25, 0.3) is 10.9 Å². The van der Waals surface area contributed by atoms with Crippen molar-refractivity contribution in [1.29, 1.82) is 0 Å². The Morgan fingerprint density at radius 2 is 2.06 bits per heavy atom. The standard InChI is InChI=1S/C21H19ClFN3O4S/c22-17-11-16(6-7-18(17)23)31(28,29)25-12-20(27)26-10-8-15(13-26)30-19-5-1-3-14-4-2-9-24-21(14)19/h1-7,9,11,15,25H,8,10,12-13H2. The van der Waals surface area contributed by atoms with E-state index in [1.165, 1.54) is 0 Å². The zero-order chi connectivity index (χ0) is 22.0. The number of likely N-dealkylation sites (tertiary alicyclic amines) is 1. The van der Waals surface area contributed by atoms with Gasteiger partial charge in [0, 0.05) is 24.5 Å². The number of ether oxygens (including phenoxy) is 1. The van der Waals surface area contributed by atoms with E-state index in [1.54, 1.807) is 11.1 Å². The highest BCUT2D eigenvalue weighted by Gasteiger charge is 2.29. The number of halogens is 2. The summed E-state index contributed by atoms with van der Waals surface area (Å²) >= 11 is 5.64. The predicted molar refractivity (Wildman–Crippen MR) is 114 cm³/mol. The molecule has 0 radical (unpaired) electrons. The largest absolute Gasteiger partial charge is 0.486 e. The zero-order valence-corrected chi connectivity index (χ0v) is 17.9. The number of sulfonamides is 1. The molecule has 1 N–H and O–H groups in total. The summed E-state index contributed by atoms with van der Waals surface area (Å²) in [6, 6.07) is 12.5. The fourth-order valence-corrected chi connectivity index (χ4v) is 4.64. The number of hydrogen-bond donors (Lipinski definition) is 1. The molecule has 2 aromatic carbocycles. The third kappa shape index (κ3) is 4.79. The lowest BCUT2D eigenvalue weighted by atomic mass is 10.2. The van der Waals surface area contributed by atoms with Crippen LogP contribution in [-0.2, 0) is 14.8 Å². The Balaban J connectivity index is 1.36. The second-order valence-electron chi connectivity index (χ2n) is 7.10. The Hall–Kier alpha value is -2.75. The topological polar surface area (TPSA) is 88.6 Å². The first-order valence-electron chi connectivity index (χ1n) is 9.56. The van der Waals surface area contributed by atoms with Crippen LogP contribution in [0.5, 0.6) is 5.75 Å². The Morgan fingerprint density at radius 1 is 1.26 bits per heavy atom. The van der Waals surface area contributed by atoms with Gasteiger partial charge in [-0.15, -0.1) is 0 Å². The molecule has 1 fully saturated rings. The quantitative estimate of drug-likeness (QED) is 0.607. The molecule has 31 heavy (non-hydrogen) atoms. The van der Waals surface area contributed by atoms with Gasteiger partial charge < -0.3 is 9.64 Å². The van der Waals surface area contributed by atoms with Crippen LogP contribution in [0.3, 0.4) is 0 Å². The third-order valence-electron chi connectivity index (χ3n) is 5.00. The average molecular weight is 464 g/mol. The van der Waals surface area contributed by atoms with Crippen LogP contribution >= 0.6 is 11.6 Å². The number of nitrogens with one attached hydrogen (secondary N) is 1. The molecular formula is C21H19ClFN3O4S. The molecule has 10 heteroatoms. The molecule has 2 heterocycles. The van der Waals surface area contributed by atoms with Crippen LogP contribution in [0.15, 0.2) is 59.6 Å². The van der Waals surface area contributed by atoms with E-state index in [9.17, 15) is 17.6 Å². The van der Waals surface area contributed by atoms with Crippen molar-refractivity contribution in [3.05, 3.63) is 65.6 Å². The number of nitrogens with zero attached hydrogens (tertiary/aromatic N) is 2.